The standard InChI is InChI=1S/C16H16N2OS/c1-17-9-16-18-14(11-20-16)10-19-15-7-6-12-4-2-3-5-13(12)8-15/h2-8,11,17H,9-10H2,1H3. The molecule has 1 N–H and O–H groups in total. The van der Waals surface area contributed by atoms with Crippen LogP contribution in [0.1, 0.15) is 10.7 Å². The van der Waals surface area contributed by atoms with Gasteiger partial charge < -0.3 is 10.1 Å². The molecule has 0 saturated carbocycles. The number of ether oxygens (including phenoxy) is 1. The third-order valence-corrected chi connectivity index (χ3v) is 3.93. The van der Waals surface area contributed by atoms with Crippen LogP contribution in [0.25, 0.3) is 10.8 Å². The fraction of sp³-hybridized carbons (Fsp3) is 0.188. The van der Waals surface area contributed by atoms with Crippen molar-refractivity contribution in [3.63, 3.8) is 0 Å². The highest BCUT2D eigenvalue weighted by molar-refractivity contribution is 7.09. The second-order valence-corrected chi connectivity index (χ2v) is 5.50. The smallest absolute Gasteiger partial charge is 0.131 e. The lowest BCUT2D eigenvalue weighted by molar-refractivity contribution is 0.302. The minimum Gasteiger partial charge on any atom is -0.487 e. The van der Waals surface area contributed by atoms with Crippen molar-refractivity contribution < 1.29 is 4.74 Å². The van der Waals surface area contributed by atoms with Crippen molar-refractivity contribution in [2.45, 2.75) is 13.2 Å². The molecule has 3 rings (SSSR count). The zero-order valence-corrected chi connectivity index (χ0v) is 12.1. The Balaban J connectivity index is 1.69. The molecule has 0 fully saturated rings. The average molecular weight is 284 g/mol. The Bertz CT molecular complexity index is 708. The Hall–Kier alpha value is -1.91. The van der Waals surface area contributed by atoms with Gasteiger partial charge in [-0.05, 0) is 30.0 Å². The molecule has 1 aromatic heterocycles. The van der Waals surface area contributed by atoms with Gasteiger partial charge in [-0.2, -0.15) is 0 Å². The van der Waals surface area contributed by atoms with E-state index in [1.807, 2.05) is 30.6 Å². The number of thiazole rings is 1. The molecular formula is C16H16N2OS. The lowest BCUT2D eigenvalue weighted by Gasteiger charge is -2.05. The minimum absolute atomic E-state index is 0.512. The van der Waals surface area contributed by atoms with Crippen LogP contribution >= 0.6 is 11.3 Å². The van der Waals surface area contributed by atoms with Gasteiger partial charge in [0.2, 0.25) is 0 Å². The van der Waals surface area contributed by atoms with Crippen LogP contribution in [0.5, 0.6) is 5.75 Å². The number of fused-ring (bicyclic) bond motifs is 1. The van der Waals surface area contributed by atoms with E-state index in [-0.39, 0.29) is 0 Å². The molecule has 0 amide bonds. The van der Waals surface area contributed by atoms with E-state index in [2.05, 4.69) is 34.6 Å². The van der Waals surface area contributed by atoms with Crippen LogP contribution in [0, 0.1) is 0 Å². The van der Waals surface area contributed by atoms with Crippen molar-refractivity contribution in [3.8, 4) is 5.75 Å². The summed E-state index contributed by atoms with van der Waals surface area (Å²) >= 11 is 1.66. The molecule has 4 heteroatoms. The van der Waals surface area contributed by atoms with Gasteiger partial charge in [0.15, 0.2) is 0 Å². The van der Waals surface area contributed by atoms with E-state index in [4.69, 9.17) is 4.74 Å². The summed E-state index contributed by atoms with van der Waals surface area (Å²) in [7, 11) is 1.92. The quantitative estimate of drug-likeness (QED) is 0.777. The molecule has 0 radical (unpaired) electrons. The van der Waals surface area contributed by atoms with Gasteiger partial charge in [0.1, 0.15) is 17.4 Å². The normalized spacial score (nSPS) is 10.8. The molecule has 0 aliphatic rings. The Kier molecular flexibility index (Phi) is 3.95. The van der Waals surface area contributed by atoms with Gasteiger partial charge >= 0.3 is 0 Å². The molecule has 1 heterocycles. The molecule has 0 spiro atoms. The molecule has 0 aliphatic carbocycles. The number of benzene rings is 2. The van der Waals surface area contributed by atoms with Crippen LogP contribution in [-0.2, 0) is 13.2 Å². The number of aromatic nitrogens is 1. The second-order valence-electron chi connectivity index (χ2n) is 4.56. The summed E-state index contributed by atoms with van der Waals surface area (Å²) < 4.78 is 5.82. The van der Waals surface area contributed by atoms with Crippen molar-refractivity contribution in [3.05, 3.63) is 58.5 Å². The third kappa shape index (κ3) is 2.98. The van der Waals surface area contributed by atoms with Crippen LogP contribution in [0.2, 0.25) is 0 Å². The molecule has 0 atom stereocenters. The first kappa shape index (κ1) is 13.1. The first-order valence-electron chi connectivity index (χ1n) is 6.54. The van der Waals surface area contributed by atoms with Crippen LogP contribution < -0.4 is 10.1 Å². The SMILES string of the molecule is CNCc1nc(COc2ccc3ccccc3c2)cs1. The number of nitrogens with one attached hydrogen (secondary N) is 1. The number of hydrogen-bond acceptors (Lipinski definition) is 4. The maximum Gasteiger partial charge on any atom is 0.131 e. The first-order valence-corrected chi connectivity index (χ1v) is 7.42. The second kappa shape index (κ2) is 6.03. The Morgan fingerprint density at radius 3 is 2.85 bits per heavy atom. The maximum absolute atomic E-state index is 5.82. The lowest BCUT2D eigenvalue weighted by atomic mass is 10.1. The summed E-state index contributed by atoms with van der Waals surface area (Å²) in [6.45, 7) is 1.32. The Labute approximate surface area is 122 Å². The van der Waals surface area contributed by atoms with Crippen LogP contribution in [-0.4, -0.2) is 12.0 Å². The molecule has 0 bridgehead atoms. The Morgan fingerprint density at radius 2 is 2.00 bits per heavy atom. The molecule has 0 unspecified atom stereocenters. The van der Waals surface area contributed by atoms with Crippen LogP contribution in [0.15, 0.2) is 47.8 Å². The van der Waals surface area contributed by atoms with E-state index < -0.39 is 0 Å². The number of hydrogen-bond donors (Lipinski definition) is 1. The zero-order chi connectivity index (χ0) is 13.8. The van der Waals surface area contributed by atoms with Gasteiger partial charge in [-0.1, -0.05) is 30.3 Å². The van der Waals surface area contributed by atoms with Gasteiger partial charge in [-0.3, -0.25) is 0 Å². The average Bonchev–Trinajstić information content (AvgIpc) is 2.93. The summed E-state index contributed by atoms with van der Waals surface area (Å²) in [6, 6.07) is 14.4. The highest BCUT2D eigenvalue weighted by Gasteiger charge is 2.03. The van der Waals surface area contributed by atoms with Gasteiger partial charge in [0.05, 0.1) is 5.69 Å². The molecule has 2 aromatic carbocycles. The highest BCUT2D eigenvalue weighted by atomic mass is 32.1. The van der Waals surface area contributed by atoms with E-state index in [1.54, 1.807) is 11.3 Å². The highest BCUT2D eigenvalue weighted by Crippen LogP contribution is 2.21. The van der Waals surface area contributed by atoms with E-state index in [0.29, 0.717) is 6.61 Å². The van der Waals surface area contributed by atoms with E-state index in [9.17, 15) is 0 Å². The Morgan fingerprint density at radius 1 is 1.15 bits per heavy atom. The fourth-order valence-electron chi connectivity index (χ4n) is 2.06. The summed E-state index contributed by atoms with van der Waals surface area (Å²) in [5.41, 5.74) is 0.980. The summed E-state index contributed by atoms with van der Waals surface area (Å²) in [6.07, 6.45) is 0. The van der Waals surface area contributed by atoms with Crippen molar-refractivity contribution in [2.24, 2.45) is 0 Å². The van der Waals surface area contributed by atoms with E-state index >= 15 is 0 Å². The van der Waals surface area contributed by atoms with Gasteiger partial charge in [-0.15, -0.1) is 11.3 Å². The summed E-state index contributed by atoms with van der Waals surface area (Å²) in [5.74, 6) is 0.881. The molecule has 3 nitrogen and oxygen atoms in total. The summed E-state index contributed by atoms with van der Waals surface area (Å²) in [5, 5.41) is 8.66. The van der Waals surface area contributed by atoms with Crippen molar-refractivity contribution >= 4 is 22.1 Å². The molecule has 0 saturated heterocycles. The third-order valence-electron chi connectivity index (χ3n) is 3.03. The minimum atomic E-state index is 0.512. The van der Waals surface area contributed by atoms with Crippen molar-refractivity contribution in [1.29, 1.82) is 0 Å². The molecule has 102 valence electrons. The van der Waals surface area contributed by atoms with Crippen LogP contribution in [0.4, 0.5) is 0 Å². The predicted molar refractivity (Wildman–Crippen MR) is 83.2 cm³/mol. The topological polar surface area (TPSA) is 34.2 Å². The van der Waals surface area contributed by atoms with Gasteiger partial charge in [0.25, 0.3) is 0 Å². The van der Waals surface area contributed by atoms with Gasteiger partial charge in [-0.25, -0.2) is 4.98 Å². The van der Waals surface area contributed by atoms with Crippen LogP contribution in [0.3, 0.4) is 0 Å². The fourth-order valence-corrected chi connectivity index (χ4v) is 2.85. The molecule has 3 aromatic rings. The molecule has 0 aliphatic heterocycles. The lowest BCUT2D eigenvalue weighted by Crippen LogP contribution is -2.05. The molecular weight excluding hydrogens is 268 g/mol. The van der Waals surface area contributed by atoms with E-state index in [1.165, 1.54) is 10.8 Å². The largest absolute Gasteiger partial charge is 0.487 e. The van der Waals surface area contributed by atoms with Gasteiger partial charge in [0, 0.05) is 11.9 Å². The monoisotopic (exact) mass is 284 g/mol. The van der Waals surface area contributed by atoms with Crippen molar-refractivity contribution in [2.75, 3.05) is 7.05 Å². The summed E-state index contributed by atoms with van der Waals surface area (Å²) in [4.78, 5) is 4.51. The maximum atomic E-state index is 5.82. The first-order chi connectivity index (χ1) is 9.85. The molecule has 20 heavy (non-hydrogen) atoms. The van der Waals surface area contributed by atoms with E-state index in [0.717, 1.165) is 23.0 Å². The number of rotatable bonds is 5. The van der Waals surface area contributed by atoms with Crippen molar-refractivity contribution in [1.82, 2.24) is 10.3 Å². The number of nitrogens with zero attached hydrogens (tertiary/aromatic N) is 1. The predicted octanol–water partition coefficient (Wildman–Crippen LogP) is 3.59. The zero-order valence-electron chi connectivity index (χ0n) is 11.3.